The van der Waals surface area contributed by atoms with Gasteiger partial charge in [-0.25, -0.2) is 0 Å². The molecule has 0 aliphatic heterocycles. The average Bonchev–Trinajstić information content (AvgIpc) is 2.74. The van der Waals surface area contributed by atoms with Crippen LogP contribution in [0.4, 0.5) is 0 Å². The number of esters is 1. The quantitative estimate of drug-likeness (QED) is 0.713. The molecule has 1 heterocycles. The minimum Gasteiger partial charge on any atom is -0.460 e. The van der Waals surface area contributed by atoms with Crippen molar-refractivity contribution in [1.82, 2.24) is 25.9 Å². The van der Waals surface area contributed by atoms with Gasteiger partial charge in [-0.1, -0.05) is 5.21 Å². The van der Waals surface area contributed by atoms with E-state index in [0.717, 1.165) is 0 Å². The predicted molar refractivity (Wildman–Crippen MR) is 61.1 cm³/mol. The Morgan fingerprint density at radius 3 is 2.61 bits per heavy atom. The number of tetrazole rings is 1. The third-order valence-electron chi connectivity index (χ3n) is 1.81. The van der Waals surface area contributed by atoms with Gasteiger partial charge >= 0.3 is 5.97 Å². The number of nitrogens with zero attached hydrogens (tertiary/aromatic N) is 3. The summed E-state index contributed by atoms with van der Waals surface area (Å²) < 4.78 is 5.08. The normalized spacial score (nSPS) is 11.1. The molecule has 8 nitrogen and oxygen atoms in total. The molecule has 18 heavy (non-hydrogen) atoms. The molecule has 0 unspecified atom stereocenters. The molecule has 1 amide bonds. The Morgan fingerprint density at radius 1 is 1.33 bits per heavy atom. The van der Waals surface area contributed by atoms with Crippen molar-refractivity contribution in [2.75, 3.05) is 0 Å². The summed E-state index contributed by atoms with van der Waals surface area (Å²) in [7, 11) is 0. The maximum absolute atomic E-state index is 11.4. The number of hydrogen-bond donors (Lipinski definition) is 2. The van der Waals surface area contributed by atoms with Crippen molar-refractivity contribution >= 4 is 11.9 Å². The van der Waals surface area contributed by atoms with Crippen LogP contribution >= 0.6 is 0 Å². The van der Waals surface area contributed by atoms with E-state index in [1.807, 2.05) is 0 Å². The van der Waals surface area contributed by atoms with E-state index < -0.39 is 11.6 Å². The van der Waals surface area contributed by atoms with E-state index in [0.29, 0.717) is 5.82 Å². The van der Waals surface area contributed by atoms with Gasteiger partial charge in [0.25, 0.3) is 0 Å². The molecule has 0 radical (unpaired) electrons. The van der Waals surface area contributed by atoms with Crippen LogP contribution in [0.2, 0.25) is 0 Å². The van der Waals surface area contributed by atoms with Crippen LogP contribution in [-0.4, -0.2) is 38.1 Å². The highest BCUT2D eigenvalue weighted by Crippen LogP contribution is 2.08. The third kappa shape index (κ3) is 5.92. The van der Waals surface area contributed by atoms with E-state index in [4.69, 9.17) is 4.74 Å². The van der Waals surface area contributed by atoms with Gasteiger partial charge in [-0.3, -0.25) is 9.59 Å². The SMILES string of the molecule is CC(C)(C)OC(=O)CCC(=O)NCc1nn[nH]n1. The number of carbonyl (C=O) groups excluding carboxylic acids is 2. The van der Waals surface area contributed by atoms with Gasteiger partial charge in [-0.05, 0) is 20.8 Å². The van der Waals surface area contributed by atoms with Crippen LogP contribution in [0.3, 0.4) is 0 Å². The summed E-state index contributed by atoms with van der Waals surface area (Å²) in [6, 6.07) is 0. The molecule has 0 aliphatic rings. The Bertz CT molecular complexity index is 396. The summed E-state index contributed by atoms with van der Waals surface area (Å²) in [4.78, 5) is 22.8. The second-order valence-corrected chi connectivity index (χ2v) is 4.69. The van der Waals surface area contributed by atoms with Crippen LogP contribution in [-0.2, 0) is 20.9 Å². The summed E-state index contributed by atoms with van der Waals surface area (Å²) in [5.74, 6) is -0.261. The number of hydrogen-bond acceptors (Lipinski definition) is 6. The fraction of sp³-hybridized carbons (Fsp3) is 0.700. The maximum Gasteiger partial charge on any atom is 0.306 e. The Kier molecular flexibility index (Phi) is 4.75. The molecule has 0 fully saturated rings. The molecule has 0 bridgehead atoms. The lowest BCUT2D eigenvalue weighted by Gasteiger charge is -2.19. The van der Waals surface area contributed by atoms with Crippen LogP contribution in [0.15, 0.2) is 0 Å². The van der Waals surface area contributed by atoms with Crippen molar-refractivity contribution in [2.45, 2.75) is 45.8 Å². The third-order valence-corrected chi connectivity index (χ3v) is 1.81. The van der Waals surface area contributed by atoms with Gasteiger partial charge < -0.3 is 10.1 Å². The van der Waals surface area contributed by atoms with Crippen molar-refractivity contribution in [2.24, 2.45) is 0 Å². The van der Waals surface area contributed by atoms with Crippen LogP contribution in [0, 0.1) is 0 Å². The first kappa shape index (κ1) is 14.1. The number of rotatable bonds is 5. The first-order valence-electron chi connectivity index (χ1n) is 5.58. The molecule has 0 aliphatic carbocycles. The Labute approximate surface area is 104 Å². The standard InChI is InChI=1S/C10H17N5O3/c1-10(2,3)18-9(17)5-4-8(16)11-6-7-12-14-15-13-7/h4-6H2,1-3H3,(H,11,16)(H,12,13,14,15). The number of aromatic amines is 1. The molecular formula is C10H17N5O3. The van der Waals surface area contributed by atoms with Crippen LogP contribution in [0.5, 0.6) is 0 Å². The number of carbonyl (C=O) groups is 2. The molecule has 100 valence electrons. The molecule has 0 saturated heterocycles. The number of ether oxygens (including phenoxy) is 1. The van der Waals surface area contributed by atoms with Crippen LogP contribution < -0.4 is 5.32 Å². The fourth-order valence-electron chi connectivity index (χ4n) is 1.13. The first-order valence-corrected chi connectivity index (χ1v) is 5.58. The minimum atomic E-state index is -0.530. The molecule has 8 heteroatoms. The first-order chi connectivity index (χ1) is 8.37. The average molecular weight is 255 g/mol. The number of aromatic nitrogens is 4. The van der Waals surface area contributed by atoms with Crippen LogP contribution in [0.25, 0.3) is 0 Å². The lowest BCUT2D eigenvalue weighted by atomic mass is 10.2. The Balaban J connectivity index is 2.19. The molecule has 0 atom stereocenters. The predicted octanol–water partition coefficient (Wildman–Crippen LogP) is -0.0622. The molecule has 0 spiro atoms. The summed E-state index contributed by atoms with van der Waals surface area (Å²) in [5, 5.41) is 15.6. The fourth-order valence-corrected chi connectivity index (χ4v) is 1.13. The van der Waals surface area contributed by atoms with E-state index in [9.17, 15) is 9.59 Å². The van der Waals surface area contributed by atoms with Gasteiger partial charge in [0.1, 0.15) is 5.60 Å². The van der Waals surface area contributed by atoms with Crippen LogP contribution in [0.1, 0.15) is 39.4 Å². The zero-order chi connectivity index (χ0) is 13.6. The van der Waals surface area contributed by atoms with Crippen molar-refractivity contribution in [3.05, 3.63) is 5.82 Å². The largest absolute Gasteiger partial charge is 0.460 e. The van der Waals surface area contributed by atoms with E-state index in [-0.39, 0.29) is 25.3 Å². The second kappa shape index (κ2) is 6.08. The highest BCUT2D eigenvalue weighted by molar-refractivity contribution is 5.81. The van der Waals surface area contributed by atoms with Gasteiger partial charge in [0, 0.05) is 6.42 Å². The second-order valence-electron chi connectivity index (χ2n) is 4.69. The van der Waals surface area contributed by atoms with Crippen molar-refractivity contribution in [3.63, 3.8) is 0 Å². The highest BCUT2D eigenvalue weighted by atomic mass is 16.6. The number of H-pyrrole nitrogens is 1. The van der Waals surface area contributed by atoms with Crippen molar-refractivity contribution < 1.29 is 14.3 Å². The lowest BCUT2D eigenvalue weighted by Crippen LogP contribution is -2.27. The topological polar surface area (TPSA) is 110 Å². The highest BCUT2D eigenvalue weighted by Gasteiger charge is 2.17. The van der Waals surface area contributed by atoms with E-state index in [1.54, 1.807) is 20.8 Å². The maximum atomic E-state index is 11.4. The summed E-state index contributed by atoms with van der Waals surface area (Å²) in [5.41, 5.74) is -0.530. The van der Waals surface area contributed by atoms with Gasteiger partial charge in [-0.2, -0.15) is 5.21 Å². The summed E-state index contributed by atoms with van der Waals surface area (Å²) in [6.07, 6.45) is 0.127. The smallest absolute Gasteiger partial charge is 0.306 e. The van der Waals surface area contributed by atoms with Gasteiger partial charge in [-0.15, -0.1) is 10.2 Å². The van der Waals surface area contributed by atoms with Crippen molar-refractivity contribution in [1.29, 1.82) is 0 Å². The molecule has 2 N–H and O–H groups in total. The Hall–Kier alpha value is -1.99. The number of amides is 1. The van der Waals surface area contributed by atoms with E-state index in [1.165, 1.54) is 0 Å². The van der Waals surface area contributed by atoms with E-state index >= 15 is 0 Å². The molecular weight excluding hydrogens is 238 g/mol. The molecule has 1 aromatic heterocycles. The van der Waals surface area contributed by atoms with Gasteiger partial charge in [0.05, 0.1) is 13.0 Å². The van der Waals surface area contributed by atoms with Gasteiger partial charge in [0.15, 0.2) is 5.82 Å². The van der Waals surface area contributed by atoms with Crippen molar-refractivity contribution in [3.8, 4) is 0 Å². The minimum absolute atomic E-state index is 0.0509. The summed E-state index contributed by atoms with van der Waals surface area (Å²) in [6.45, 7) is 5.52. The molecule has 1 aromatic rings. The molecule has 0 saturated carbocycles. The lowest BCUT2D eigenvalue weighted by molar-refractivity contribution is -0.155. The monoisotopic (exact) mass is 255 g/mol. The van der Waals surface area contributed by atoms with Gasteiger partial charge in [0.2, 0.25) is 5.91 Å². The number of nitrogens with one attached hydrogen (secondary N) is 2. The zero-order valence-corrected chi connectivity index (χ0v) is 10.7. The Morgan fingerprint density at radius 2 is 2.06 bits per heavy atom. The zero-order valence-electron chi connectivity index (χ0n) is 10.7. The summed E-state index contributed by atoms with van der Waals surface area (Å²) >= 11 is 0. The van der Waals surface area contributed by atoms with E-state index in [2.05, 4.69) is 25.9 Å². The molecule has 0 aromatic carbocycles. The molecule has 1 rings (SSSR count).